The maximum absolute atomic E-state index is 12.4. The van der Waals surface area contributed by atoms with E-state index in [1.165, 1.54) is 0 Å². The molecule has 0 aromatic carbocycles. The zero-order valence-electron chi connectivity index (χ0n) is 12.8. The predicted molar refractivity (Wildman–Crippen MR) is 75.2 cm³/mol. The highest BCUT2D eigenvalue weighted by Crippen LogP contribution is 2.59. The molecule has 2 bridgehead atoms. The van der Waals surface area contributed by atoms with E-state index in [1.54, 1.807) is 0 Å². The number of fused-ring (bicyclic) bond motifs is 2. The molecule has 2 saturated carbocycles. The van der Waals surface area contributed by atoms with Crippen molar-refractivity contribution in [3.63, 3.8) is 0 Å². The van der Waals surface area contributed by atoms with Crippen LogP contribution in [0.15, 0.2) is 0 Å². The first-order valence-corrected chi connectivity index (χ1v) is 9.18. The summed E-state index contributed by atoms with van der Waals surface area (Å²) in [5.74, 6) is -2.17. The van der Waals surface area contributed by atoms with E-state index in [1.807, 2.05) is 6.92 Å². The first-order chi connectivity index (χ1) is 10.6. The van der Waals surface area contributed by atoms with Crippen LogP contribution < -0.4 is 5.06 Å². The molecule has 1 heterocycles. The Balaban J connectivity index is 1.71. The largest absolute Gasteiger partial charge is 0.481 e. The quantitative estimate of drug-likeness (QED) is 0.629. The molecule has 1 aliphatic heterocycles. The number of quaternary nitrogens is 1. The summed E-state index contributed by atoms with van der Waals surface area (Å²) in [6.45, 7) is 1.88. The van der Waals surface area contributed by atoms with Crippen molar-refractivity contribution in [3.05, 3.63) is 0 Å². The fraction of sp³-hybridized carbons (Fsp3) is 0.786. The molecule has 3 rings (SSSR count). The van der Waals surface area contributed by atoms with Gasteiger partial charge in [-0.2, -0.15) is 8.42 Å². The number of amides is 2. The molecule has 0 spiro atoms. The molecule has 4 atom stereocenters. The maximum atomic E-state index is 12.4. The minimum absolute atomic E-state index is 0.00289. The van der Waals surface area contributed by atoms with Crippen LogP contribution >= 0.6 is 0 Å². The van der Waals surface area contributed by atoms with E-state index in [-0.39, 0.29) is 31.1 Å². The molecule has 3 aliphatic rings. The van der Waals surface area contributed by atoms with E-state index < -0.39 is 43.6 Å². The number of aliphatic carboxylic acids is 1. The van der Waals surface area contributed by atoms with Gasteiger partial charge in [-0.25, -0.2) is 9.59 Å². The zero-order chi connectivity index (χ0) is 17.0. The van der Waals surface area contributed by atoms with Crippen LogP contribution in [0, 0.1) is 17.3 Å². The van der Waals surface area contributed by atoms with Crippen LogP contribution in [0.1, 0.15) is 45.4 Å². The van der Waals surface area contributed by atoms with E-state index in [0.717, 1.165) is 0 Å². The van der Waals surface area contributed by atoms with Gasteiger partial charge in [0.2, 0.25) is 0 Å². The molecule has 3 fully saturated rings. The van der Waals surface area contributed by atoms with Crippen LogP contribution in [0.2, 0.25) is 0 Å². The normalized spacial score (nSPS) is 37.7. The first-order valence-electron chi connectivity index (χ1n) is 7.71. The number of hydroxylamine groups is 2. The summed E-state index contributed by atoms with van der Waals surface area (Å²) in [6, 6.07) is 0. The monoisotopic (exact) mass is 346 g/mol. The van der Waals surface area contributed by atoms with E-state index >= 15 is 0 Å². The highest BCUT2D eigenvalue weighted by molar-refractivity contribution is 7.87. The average molecular weight is 346 g/mol. The number of rotatable bonds is 5. The molecule has 0 radical (unpaired) electrons. The van der Waals surface area contributed by atoms with Gasteiger partial charge in [0.1, 0.15) is 0 Å². The predicted octanol–water partition coefficient (Wildman–Crippen LogP) is -0.741. The van der Waals surface area contributed by atoms with Gasteiger partial charge >= 0.3 is 27.9 Å². The molecule has 0 aromatic heterocycles. The standard InChI is InChI=1S/C14H19NO7S/c1-14(7-13(18)19)6-8-4-9(14)5-10(8)23(20,21)22-15-11(16)2-3-12(15)17/h8-10H,2-7H2,1H3,(H,18,19)/p+1. The van der Waals surface area contributed by atoms with Crippen LogP contribution in [0.3, 0.4) is 0 Å². The van der Waals surface area contributed by atoms with Crippen molar-refractivity contribution in [1.29, 1.82) is 0 Å². The highest BCUT2D eigenvalue weighted by Gasteiger charge is 2.58. The Bertz CT molecular complexity index is 657. The number of carboxylic acids is 1. The number of hydrogen-bond acceptors (Lipinski definition) is 6. The number of carboxylic acid groups (broad SMARTS) is 1. The van der Waals surface area contributed by atoms with Gasteiger partial charge in [-0.1, -0.05) is 11.2 Å². The van der Waals surface area contributed by atoms with Crippen molar-refractivity contribution >= 4 is 27.9 Å². The van der Waals surface area contributed by atoms with Crippen molar-refractivity contribution in [2.24, 2.45) is 17.3 Å². The Kier molecular flexibility index (Phi) is 3.85. The maximum Gasteiger partial charge on any atom is 0.353 e. The third-order valence-electron chi connectivity index (χ3n) is 5.55. The SMILES string of the molecule is CC1(CC(=O)O)CC2CC1CC2S(=O)(=O)O[NH+]1C(=O)CCC1=O. The number of carbonyl (C=O) groups is 3. The first kappa shape index (κ1) is 16.5. The van der Waals surface area contributed by atoms with E-state index in [4.69, 9.17) is 9.39 Å². The lowest BCUT2D eigenvalue weighted by Gasteiger charge is -2.35. The van der Waals surface area contributed by atoms with Gasteiger partial charge in [0.15, 0.2) is 0 Å². The highest BCUT2D eigenvalue weighted by atomic mass is 32.2. The zero-order valence-corrected chi connectivity index (χ0v) is 13.6. The lowest BCUT2D eigenvalue weighted by molar-refractivity contribution is -0.921. The number of imide groups is 1. The van der Waals surface area contributed by atoms with Crippen LogP contribution in [0.5, 0.6) is 0 Å². The van der Waals surface area contributed by atoms with E-state index in [9.17, 15) is 22.8 Å². The van der Waals surface area contributed by atoms with Gasteiger partial charge in [0, 0.05) is 0 Å². The second kappa shape index (κ2) is 5.35. The Labute approximate surface area is 133 Å². The van der Waals surface area contributed by atoms with Crippen LogP contribution in [-0.4, -0.2) is 36.6 Å². The topological polar surface area (TPSA) is 119 Å². The Hall–Kier alpha value is -1.32. The van der Waals surface area contributed by atoms with Gasteiger partial charge in [0.05, 0.1) is 24.5 Å². The van der Waals surface area contributed by atoms with Crippen molar-refractivity contribution in [1.82, 2.24) is 0 Å². The molecular weight excluding hydrogens is 326 g/mol. The summed E-state index contributed by atoms with van der Waals surface area (Å²) < 4.78 is 29.8. The fourth-order valence-electron chi connectivity index (χ4n) is 4.43. The molecule has 0 aromatic rings. The molecule has 2 aliphatic carbocycles. The van der Waals surface area contributed by atoms with E-state index in [0.29, 0.717) is 19.3 Å². The molecule has 4 unspecified atom stereocenters. The summed E-state index contributed by atoms with van der Waals surface area (Å²) >= 11 is 0. The van der Waals surface area contributed by atoms with Crippen LogP contribution in [0.25, 0.3) is 0 Å². The molecule has 23 heavy (non-hydrogen) atoms. The van der Waals surface area contributed by atoms with Gasteiger partial charge in [0.25, 0.3) is 0 Å². The molecule has 128 valence electrons. The smallest absolute Gasteiger partial charge is 0.353 e. The molecular formula is C14H20NO7S+. The van der Waals surface area contributed by atoms with Crippen molar-refractivity contribution in [2.45, 2.75) is 50.7 Å². The number of nitrogens with one attached hydrogen (secondary N) is 1. The third-order valence-corrected chi connectivity index (χ3v) is 7.27. The van der Waals surface area contributed by atoms with Gasteiger partial charge in [-0.3, -0.25) is 4.79 Å². The Morgan fingerprint density at radius 1 is 1.30 bits per heavy atom. The molecule has 8 nitrogen and oxygen atoms in total. The van der Waals surface area contributed by atoms with Crippen molar-refractivity contribution in [3.8, 4) is 0 Å². The summed E-state index contributed by atoms with van der Waals surface area (Å²) in [5.41, 5.74) is -0.394. The third kappa shape index (κ3) is 2.81. The van der Waals surface area contributed by atoms with E-state index in [2.05, 4.69) is 0 Å². The fourth-order valence-corrected chi connectivity index (χ4v) is 6.12. The minimum Gasteiger partial charge on any atom is -0.481 e. The van der Waals surface area contributed by atoms with Gasteiger partial charge in [-0.05, 0) is 41.6 Å². The van der Waals surface area contributed by atoms with Gasteiger partial charge < -0.3 is 5.11 Å². The number of hydrogen-bond donors (Lipinski definition) is 2. The summed E-state index contributed by atoms with van der Waals surface area (Å²) in [7, 11) is -4.04. The Morgan fingerprint density at radius 2 is 1.91 bits per heavy atom. The van der Waals surface area contributed by atoms with Crippen molar-refractivity contribution in [2.75, 3.05) is 0 Å². The average Bonchev–Trinajstić information content (AvgIpc) is 3.05. The van der Waals surface area contributed by atoms with Gasteiger partial charge in [-0.15, -0.1) is 0 Å². The molecule has 2 amide bonds. The van der Waals surface area contributed by atoms with Crippen LogP contribution in [-0.2, 0) is 28.8 Å². The lowest BCUT2D eigenvalue weighted by atomic mass is 9.72. The lowest BCUT2D eigenvalue weighted by Crippen LogP contribution is -3.14. The summed E-state index contributed by atoms with van der Waals surface area (Å²) in [4.78, 5) is 34.1. The van der Waals surface area contributed by atoms with Crippen molar-refractivity contribution < 1.29 is 37.3 Å². The molecule has 9 heteroatoms. The second-order valence-corrected chi connectivity index (χ2v) is 8.90. The summed E-state index contributed by atoms with van der Waals surface area (Å²) in [5, 5.41) is 7.70. The molecule has 1 saturated heterocycles. The Morgan fingerprint density at radius 3 is 2.39 bits per heavy atom. The summed E-state index contributed by atoms with van der Waals surface area (Å²) in [6.07, 6.45) is 1.50. The van der Waals surface area contributed by atoms with Crippen LogP contribution in [0.4, 0.5) is 0 Å². The number of carbonyl (C=O) groups excluding carboxylic acids is 2. The molecule has 2 N–H and O–H groups in total. The minimum atomic E-state index is -4.04. The second-order valence-electron chi connectivity index (χ2n) is 7.15.